The summed E-state index contributed by atoms with van der Waals surface area (Å²) in [5.41, 5.74) is 3.38. The topological polar surface area (TPSA) is 119 Å². The van der Waals surface area contributed by atoms with Gasteiger partial charge in [0.2, 0.25) is 5.78 Å². The Kier molecular flexibility index (Phi) is 10.5. The number of benzene rings is 2. The van der Waals surface area contributed by atoms with Crippen LogP contribution in [0.4, 0.5) is 0 Å². The van der Waals surface area contributed by atoms with Gasteiger partial charge in [-0.1, -0.05) is 24.3 Å². The number of hydrogen-bond acceptors (Lipinski definition) is 11. The minimum absolute atomic E-state index is 0.247. The van der Waals surface area contributed by atoms with Crippen LogP contribution in [0.3, 0.4) is 0 Å². The highest BCUT2D eigenvalue weighted by atomic mass is 16.5. The molecule has 0 N–H and O–H groups in total. The number of methoxy groups -OCH3 is 2. The van der Waals surface area contributed by atoms with Gasteiger partial charge in [-0.2, -0.15) is 10.2 Å². The normalized spacial score (nSPS) is 18.5. The molecule has 0 saturated heterocycles. The van der Waals surface area contributed by atoms with Crippen LogP contribution in [0.1, 0.15) is 50.7 Å². The molecule has 2 atom stereocenters. The molecule has 2 aliphatic heterocycles. The Bertz CT molecular complexity index is 1380. The second-order valence-corrected chi connectivity index (χ2v) is 10.2. The maximum atomic E-state index is 14.5. The van der Waals surface area contributed by atoms with Crippen molar-refractivity contribution in [3.05, 3.63) is 83.2 Å². The molecular weight excluding hydrogens is 564 g/mol. The van der Waals surface area contributed by atoms with E-state index in [0.717, 1.165) is 11.1 Å². The van der Waals surface area contributed by atoms with Crippen molar-refractivity contribution >= 4 is 29.1 Å². The predicted molar refractivity (Wildman–Crippen MR) is 166 cm³/mol. The van der Waals surface area contributed by atoms with Crippen molar-refractivity contribution < 1.29 is 33.3 Å². The van der Waals surface area contributed by atoms with Crippen molar-refractivity contribution in [3.63, 3.8) is 0 Å². The molecule has 0 aliphatic carbocycles. The van der Waals surface area contributed by atoms with Crippen LogP contribution in [0.15, 0.2) is 82.3 Å². The number of hydrogen-bond donors (Lipinski definition) is 0. The largest absolute Gasteiger partial charge is 0.497 e. The number of nitrogens with zero attached hydrogens (tertiary/aromatic N) is 4. The van der Waals surface area contributed by atoms with E-state index in [-0.39, 0.29) is 30.4 Å². The van der Waals surface area contributed by atoms with Gasteiger partial charge in [-0.25, -0.2) is 9.59 Å². The average Bonchev–Trinajstić information content (AvgIpc) is 3.67. The van der Waals surface area contributed by atoms with E-state index in [1.807, 2.05) is 48.5 Å². The summed E-state index contributed by atoms with van der Waals surface area (Å²) in [5, 5.41) is 12.7. The summed E-state index contributed by atoms with van der Waals surface area (Å²) < 4.78 is 20.8. The lowest BCUT2D eigenvalue weighted by Gasteiger charge is -2.18. The van der Waals surface area contributed by atoms with Gasteiger partial charge in [-0.3, -0.25) is 14.8 Å². The fourth-order valence-corrected chi connectivity index (χ4v) is 5.04. The molecule has 2 unspecified atom stereocenters. The van der Waals surface area contributed by atoms with Gasteiger partial charge in [0, 0.05) is 23.5 Å². The van der Waals surface area contributed by atoms with E-state index in [1.165, 1.54) is 12.2 Å². The first-order chi connectivity index (χ1) is 21.2. The number of esters is 2. The Hall–Kier alpha value is -4.93. The second kappa shape index (κ2) is 14.5. The Balaban J connectivity index is 1.76. The third-order valence-corrected chi connectivity index (χ3v) is 7.37. The van der Waals surface area contributed by atoms with E-state index < -0.39 is 23.8 Å². The van der Waals surface area contributed by atoms with Crippen LogP contribution in [0.25, 0.3) is 0 Å². The summed E-state index contributed by atoms with van der Waals surface area (Å²) in [6.07, 6.45) is 2.73. The number of carbonyl (C=O) groups is 3. The highest BCUT2D eigenvalue weighted by Crippen LogP contribution is 2.34. The molecule has 232 valence electrons. The van der Waals surface area contributed by atoms with Gasteiger partial charge in [0.1, 0.15) is 22.9 Å². The van der Waals surface area contributed by atoms with Gasteiger partial charge >= 0.3 is 11.9 Å². The summed E-state index contributed by atoms with van der Waals surface area (Å²) in [7, 11) is 3.18. The molecule has 0 saturated carbocycles. The zero-order valence-electron chi connectivity index (χ0n) is 25.9. The first kappa shape index (κ1) is 32.0. The van der Waals surface area contributed by atoms with Crippen molar-refractivity contribution in [2.45, 2.75) is 39.5 Å². The van der Waals surface area contributed by atoms with Gasteiger partial charge < -0.3 is 18.9 Å². The molecule has 0 bridgehead atoms. The lowest BCUT2D eigenvalue weighted by Crippen LogP contribution is -2.31. The summed E-state index contributed by atoms with van der Waals surface area (Å²) in [4.78, 5) is 38.8. The van der Waals surface area contributed by atoms with Crippen molar-refractivity contribution in [1.29, 1.82) is 0 Å². The summed E-state index contributed by atoms with van der Waals surface area (Å²) in [6.45, 7) is 8.13. The Morgan fingerprint density at radius 1 is 0.705 bits per heavy atom. The molecule has 0 radical (unpaired) electrons. The van der Waals surface area contributed by atoms with Crippen molar-refractivity contribution in [2.75, 3.05) is 40.5 Å². The van der Waals surface area contributed by atoms with Gasteiger partial charge in [0.25, 0.3) is 0 Å². The summed E-state index contributed by atoms with van der Waals surface area (Å²) >= 11 is 0. The minimum atomic E-state index is -0.486. The maximum absolute atomic E-state index is 14.5. The number of Topliss-reactive ketones (excluding diaryl/α,β-unsaturated/α-hetero) is 1. The molecule has 4 rings (SSSR count). The quantitative estimate of drug-likeness (QED) is 0.257. The number of hydrazone groups is 2. The number of ketones is 1. The highest BCUT2D eigenvalue weighted by molar-refractivity contribution is 6.68. The van der Waals surface area contributed by atoms with Gasteiger partial charge in [-0.15, -0.1) is 0 Å². The van der Waals surface area contributed by atoms with Crippen LogP contribution in [0.5, 0.6) is 11.5 Å². The van der Waals surface area contributed by atoms with Crippen LogP contribution < -0.4 is 9.47 Å². The molecule has 11 heteroatoms. The van der Waals surface area contributed by atoms with E-state index in [2.05, 4.69) is 0 Å². The van der Waals surface area contributed by atoms with Crippen LogP contribution in [-0.4, -0.2) is 79.7 Å². The van der Waals surface area contributed by atoms with Crippen LogP contribution >= 0.6 is 0 Å². The third-order valence-electron chi connectivity index (χ3n) is 7.37. The van der Waals surface area contributed by atoms with Crippen LogP contribution in [0, 0.1) is 0 Å². The van der Waals surface area contributed by atoms with E-state index in [9.17, 15) is 14.4 Å². The second-order valence-electron chi connectivity index (χ2n) is 10.2. The van der Waals surface area contributed by atoms with Crippen LogP contribution in [0.2, 0.25) is 0 Å². The van der Waals surface area contributed by atoms with Crippen LogP contribution in [-0.2, 0) is 23.9 Å². The van der Waals surface area contributed by atoms with Crippen molar-refractivity contribution in [1.82, 2.24) is 10.0 Å². The zero-order valence-corrected chi connectivity index (χ0v) is 25.9. The Labute approximate surface area is 257 Å². The molecule has 0 spiro atoms. The molecule has 2 heterocycles. The van der Waals surface area contributed by atoms with E-state index in [0.29, 0.717) is 36.0 Å². The van der Waals surface area contributed by atoms with Gasteiger partial charge in [0.05, 0.1) is 52.4 Å². The average molecular weight is 603 g/mol. The molecular formula is C33H38N4O7. The molecule has 0 amide bonds. The third kappa shape index (κ3) is 7.34. The molecule has 0 fully saturated rings. The minimum Gasteiger partial charge on any atom is -0.497 e. The SMILES string of the molecule is CCOC(=O)/C=C(\C)N1CC(c2ccc(OC)cc2)C(C(=O)C2=NN(/C(C)=C/C(=O)OCC)CC2c2ccc(OC)cc2)=N1. The molecule has 2 aromatic carbocycles. The van der Waals surface area contributed by atoms with Gasteiger partial charge in [0.15, 0.2) is 0 Å². The Morgan fingerprint density at radius 2 is 1.07 bits per heavy atom. The number of allylic oxidation sites excluding steroid dienone is 2. The smallest absolute Gasteiger partial charge is 0.332 e. The lowest BCUT2D eigenvalue weighted by molar-refractivity contribution is -0.138. The zero-order chi connectivity index (χ0) is 31.8. The number of rotatable bonds is 12. The standard InChI is InChI=1S/C33H38N4O7/c1-7-43-29(38)17-21(3)36-19-27(23-9-13-25(41-5)14-10-23)31(34-36)33(40)32-28(24-11-15-26(42-6)16-12-24)20-37(35-32)22(4)18-30(39)44-8-2/h9-18,27-28H,7-8,19-20H2,1-6H3/b21-17+,22-18+. The monoisotopic (exact) mass is 602 g/mol. The van der Waals surface area contributed by atoms with Crippen molar-refractivity contribution in [2.24, 2.45) is 10.2 Å². The Morgan fingerprint density at radius 3 is 1.39 bits per heavy atom. The predicted octanol–water partition coefficient (Wildman–Crippen LogP) is 4.42. The van der Waals surface area contributed by atoms with Crippen molar-refractivity contribution in [3.8, 4) is 11.5 Å². The fraction of sp³-hybridized carbons (Fsp3) is 0.364. The number of ether oxygens (including phenoxy) is 4. The molecule has 0 aromatic heterocycles. The lowest BCUT2D eigenvalue weighted by atomic mass is 9.86. The maximum Gasteiger partial charge on any atom is 0.332 e. The number of carbonyl (C=O) groups excluding carboxylic acids is 3. The first-order valence-electron chi connectivity index (χ1n) is 14.4. The van der Waals surface area contributed by atoms with E-state index >= 15 is 0 Å². The highest BCUT2D eigenvalue weighted by Gasteiger charge is 2.41. The summed E-state index contributed by atoms with van der Waals surface area (Å²) in [6, 6.07) is 14.9. The van der Waals surface area contributed by atoms with E-state index in [4.69, 9.17) is 29.2 Å². The summed E-state index contributed by atoms with van der Waals surface area (Å²) in [5.74, 6) is -0.756. The van der Waals surface area contributed by atoms with Gasteiger partial charge in [-0.05, 0) is 63.1 Å². The molecule has 2 aromatic rings. The fourth-order valence-electron chi connectivity index (χ4n) is 5.04. The van der Waals surface area contributed by atoms with E-state index in [1.54, 1.807) is 51.9 Å². The molecule has 2 aliphatic rings. The molecule has 44 heavy (non-hydrogen) atoms. The molecule has 11 nitrogen and oxygen atoms in total. The first-order valence-corrected chi connectivity index (χ1v) is 14.4.